The van der Waals surface area contributed by atoms with Crippen molar-refractivity contribution in [1.29, 1.82) is 0 Å². The first kappa shape index (κ1) is 20.9. The number of aliphatic hydroxyl groups excluding tert-OH is 1. The van der Waals surface area contributed by atoms with Gasteiger partial charge in [0, 0.05) is 49.7 Å². The number of likely N-dealkylation sites (N-methyl/N-ethyl adjacent to an activating group) is 1. The van der Waals surface area contributed by atoms with Gasteiger partial charge in [0.2, 0.25) is 0 Å². The zero-order valence-corrected chi connectivity index (χ0v) is 18.1. The van der Waals surface area contributed by atoms with Gasteiger partial charge in [0.15, 0.2) is 0 Å². The number of benzene rings is 1. The van der Waals surface area contributed by atoms with Crippen molar-refractivity contribution in [2.75, 3.05) is 39.9 Å². The van der Waals surface area contributed by atoms with Crippen LogP contribution in [0.4, 0.5) is 0 Å². The lowest BCUT2D eigenvalue weighted by molar-refractivity contribution is -0.0345. The van der Waals surface area contributed by atoms with Gasteiger partial charge >= 0.3 is 0 Å². The molecule has 3 aromatic rings. The van der Waals surface area contributed by atoms with E-state index in [0.717, 1.165) is 34.7 Å². The van der Waals surface area contributed by atoms with Crippen LogP contribution in [0, 0.1) is 6.92 Å². The molecule has 0 unspecified atom stereocenters. The number of nitrogens with zero attached hydrogens (tertiary/aromatic N) is 4. The first-order valence-electron chi connectivity index (χ1n) is 10.1. The molecule has 1 amide bonds. The molecule has 3 heterocycles. The number of thiazole rings is 1. The summed E-state index contributed by atoms with van der Waals surface area (Å²) in [6, 6.07) is 9.51. The third-order valence-corrected chi connectivity index (χ3v) is 6.18. The summed E-state index contributed by atoms with van der Waals surface area (Å²) >= 11 is 1.71. The highest BCUT2D eigenvalue weighted by molar-refractivity contribution is 7.11. The van der Waals surface area contributed by atoms with Gasteiger partial charge < -0.3 is 14.7 Å². The lowest BCUT2D eigenvalue weighted by atomic mass is 10.0. The Kier molecular flexibility index (Phi) is 6.38. The highest BCUT2D eigenvalue weighted by atomic mass is 32.1. The number of hydrogen-bond donors (Lipinski definition) is 1. The summed E-state index contributed by atoms with van der Waals surface area (Å²) in [5, 5.41) is 11.1. The van der Waals surface area contributed by atoms with Crippen LogP contribution in [0.5, 0.6) is 0 Å². The highest BCUT2D eigenvalue weighted by Crippen LogP contribution is 2.28. The molecule has 0 radical (unpaired) electrons. The van der Waals surface area contributed by atoms with Crippen LogP contribution >= 0.6 is 11.3 Å². The predicted molar refractivity (Wildman–Crippen MR) is 117 cm³/mol. The molecule has 0 saturated carbocycles. The fourth-order valence-electron chi connectivity index (χ4n) is 3.72. The molecule has 0 spiro atoms. The Morgan fingerprint density at radius 3 is 3.00 bits per heavy atom. The van der Waals surface area contributed by atoms with Crippen LogP contribution in [-0.2, 0) is 11.3 Å². The summed E-state index contributed by atoms with van der Waals surface area (Å²) in [6.45, 7) is 5.24. The maximum absolute atomic E-state index is 13.0. The van der Waals surface area contributed by atoms with Crippen LogP contribution in [0.1, 0.15) is 32.0 Å². The molecule has 1 N–H and O–H groups in total. The van der Waals surface area contributed by atoms with E-state index in [1.807, 2.05) is 43.5 Å². The molecule has 158 valence electrons. The van der Waals surface area contributed by atoms with Crippen molar-refractivity contribution >= 4 is 28.1 Å². The Morgan fingerprint density at radius 2 is 2.23 bits per heavy atom. The zero-order valence-electron chi connectivity index (χ0n) is 17.2. The van der Waals surface area contributed by atoms with E-state index < -0.39 is 0 Å². The van der Waals surface area contributed by atoms with Crippen LogP contribution in [0.15, 0.2) is 36.5 Å². The first-order valence-corrected chi connectivity index (χ1v) is 10.9. The second-order valence-electron chi connectivity index (χ2n) is 7.50. The van der Waals surface area contributed by atoms with Crippen LogP contribution < -0.4 is 0 Å². The molecule has 7 nitrogen and oxygen atoms in total. The first-order chi connectivity index (χ1) is 14.5. The quantitative estimate of drug-likeness (QED) is 0.653. The lowest BCUT2D eigenvalue weighted by Crippen LogP contribution is -2.38. The molecule has 1 aliphatic rings. The molecule has 8 heteroatoms. The van der Waals surface area contributed by atoms with Gasteiger partial charge in [-0.2, -0.15) is 0 Å². The monoisotopic (exact) mass is 426 g/mol. The molecule has 1 aliphatic heterocycles. The normalized spacial score (nSPS) is 17.4. The summed E-state index contributed by atoms with van der Waals surface area (Å²) in [7, 11) is 1.70. The third-order valence-electron chi connectivity index (χ3n) is 5.28. The van der Waals surface area contributed by atoms with E-state index in [1.165, 1.54) is 9.78 Å². The summed E-state index contributed by atoms with van der Waals surface area (Å²) in [6.07, 6.45) is 1.74. The Labute approximate surface area is 179 Å². The van der Waals surface area contributed by atoms with Gasteiger partial charge in [-0.05, 0) is 19.1 Å². The van der Waals surface area contributed by atoms with Crippen molar-refractivity contribution in [2.45, 2.75) is 19.6 Å². The van der Waals surface area contributed by atoms with Crippen LogP contribution in [-0.4, -0.2) is 70.7 Å². The zero-order chi connectivity index (χ0) is 21.1. The van der Waals surface area contributed by atoms with Crippen molar-refractivity contribution in [1.82, 2.24) is 19.8 Å². The summed E-state index contributed by atoms with van der Waals surface area (Å²) < 4.78 is 6.05. The second-order valence-corrected chi connectivity index (χ2v) is 8.82. The van der Waals surface area contributed by atoms with E-state index in [-0.39, 0.29) is 25.2 Å². The molecule has 0 bridgehead atoms. The molecule has 1 saturated heterocycles. The van der Waals surface area contributed by atoms with Crippen LogP contribution in [0.2, 0.25) is 0 Å². The van der Waals surface area contributed by atoms with Gasteiger partial charge in [-0.15, -0.1) is 11.3 Å². The van der Waals surface area contributed by atoms with Gasteiger partial charge in [0.05, 0.1) is 35.0 Å². The minimum Gasteiger partial charge on any atom is -0.395 e. The number of carbonyl (C=O) groups excluding carboxylic acids is 1. The van der Waals surface area contributed by atoms with Gasteiger partial charge in [0.25, 0.3) is 5.91 Å². The Bertz CT molecular complexity index is 1040. The topological polar surface area (TPSA) is 78.8 Å². The van der Waals surface area contributed by atoms with E-state index in [4.69, 9.17) is 9.72 Å². The van der Waals surface area contributed by atoms with Gasteiger partial charge in [-0.1, -0.05) is 18.2 Å². The number of amides is 1. The number of aliphatic hydroxyl groups is 1. The van der Waals surface area contributed by atoms with E-state index in [9.17, 15) is 9.90 Å². The number of ether oxygens (including phenoxy) is 1. The molecular weight excluding hydrogens is 400 g/mol. The predicted octanol–water partition coefficient (Wildman–Crippen LogP) is 2.64. The summed E-state index contributed by atoms with van der Waals surface area (Å²) in [5.74, 6) is -0.128. The summed E-state index contributed by atoms with van der Waals surface area (Å²) in [5.41, 5.74) is 2.12. The Balaban J connectivity index is 1.62. The van der Waals surface area contributed by atoms with E-state index in [2.05, 4.69) is 9.88 Å². The van der Waals surface area contributed by atoms with E-state index in [0.29, 0.717) is 18.7 Å². The lowest BCUT2D eigenvalue weighted by Gasteiger charge is -2.32. The number of aryl methyl sites for hydroxylation is 1. The largest absolute Gasteiger partial charge is 0.395 e. The fourth-order valence-corrected chi connectivity index (χ4v) is 4.56. The number of pyridine rings is 1. The fraction of sp³-hybridized carbons (Fsp3) is 0.409. The van der Waals surface area contributed by atoms with Crippen LogP contribution in [0.3, 0.4) is 0 Å². The van der Waals surface area contributed by atoms with Crippen molar-refractivity contribution in [3.63, 3.8) is 0 Å². The second kappa shape index (κ2) is 9.18. The van der Waals surface area contributed by atoms with Gasteiger partial charge in [-0.25, -0.2) is 9.97 Å². The van der Waals surface area contributed by atoms with E-state index in [1.54, 1.807) is 18.4 Å². The van der Waals surface area contributed by atoms with Crippen molar-refractivity contribution in [2.24, 2.45) is 0 Å². The molecular formula is C22H26N4O3S. The number of morpholine rings is 1. The number of hydrogen-bond acceptors (Lipinski definition) is 7. The molecule has 0 aliphatic carbocycles. The smallest absolute Gasteiger partial charge is 0.254 e. The number of rotatable bonds is 6. The highest BCUT2D eigenvalue weighted by Gasteiger charge is 2.26. The SMILES string of the molecule is Cc1ncc(CN2CCO[C@@H](c3cc(C(=O)N(C)CCO)c4ccccc4n3)C2)s1. The minimum absolute atomic E-state index is 0.0736. The van der Waals surface area contributed by atoms with Crippen molar-refractivity contribution in [3.05, 3.63) is 57.7 Å². The Morgan fingerprint density at radius 1 is 1.40 bits per heavy atom. The van der Waals surface area contributed by atoms with E-state index >= 15 is 0 Å². The Hall–Kier alpha value is -2.39. The van der Waals surface area contributed by atoms with Crippen molar-refractivity contribution in [3.8, 4) is 0 Å². The molecule has 1 aromatic carbocycles. The third kappa shape index (κ3) is 4.52. The van der Waals surface area contributed by atoms with Crippen LogP contribution in [0.25, 0.3) is 10.9 Å². The summed E-state index contributed by atoms with van der Waals surface area (Å²) in [4.78, 5) is 27.3. The standard InChI is InChI=1S/C22H26N4O3S/c1-15-23-12-16(30-15)13-26-8-10-29-21(14-26)20-11-18(22(28)25(2)7-9-27)17-5-3-4-6-19(17)24-20/h3-6,11-12,21,27H,7-10,13-14H2,1-2H3/t21-/m1/s1. The average Bonchev–Trinajstić information content (AvgIpc) is 3.17. The molecule has 2 aromatic heterocycles. The van der Waals surface area contributed by atoms with Crippen molar-refractivity contribution < 1.29 is 14.6 Å². The average molecular weight is 427 g/mol. The molecule has 1 fully saturated rings. The maximum atomic E-state index is 13.0. The maximum Gasteiger partial charge on any atom is 0.254 e. The minimum atomic E-state index is -0.202. The molecule has 4 rings (SSSR count). The molecule has 30 heavy (non-hydrogen) atoms. The number of aromatic nitrogens is 2. The van der Waals surface area contributed by atoms with Gasteiger partial charge in [0.1, 0.15) is 6.10 Å². The number of para-hydroxylation sites is 1. The number of fused-ring (bicyclic) bond motifs is 1. The van der Waals surface area contributed by atoms with Gasteiger partial charge in [-0.3, -0.25) is 9.69 Å². The molecule has 1 atom stereocenters. The number of carbonyl (C=O) groups is 1.